The Morgan fingerprint density at radius 1 is 0.962 bits per heavy atom. The number of rotatable bonds is 6. The zero-order chi connectivity index (χ0) is 18.7. The molecule has 1 N–H and O–H groups in total. The van der Waals surface area contributed by atoms with E-state index in [4.69, 9.17) is 4.74 Å². The van der Waals surface area contributed by atoms with Gasteiger partial charge in [0.1, 0.15) is 11.4 Å². The summed E-state index contributed by atoms with van der Waals surface area (Å²) in [6, 6.07) is 16.5. The number of carbonyl (C=O) groups is 2. The molecule has 0 bridgehead atoms. The minimum absolute atomic E-state index is 0.195. The minimum atomic E-state index is -0.293. The number of imide groups is 1. The van der Waals surface area contributed by atoms with Crippen LogP contribution in [0.1, 0.15) is 19.4 Å². The number of anilines is 1. The van der Waals surface area contributed by atoms with Crippen molar-refractivity contribution in [3.05, 3.63) is 65.9 Å². The molecule has 2 aromatic carbocycles. The summed E-state index contributed by atoms with van der Waals surface area (Å²) in [5.41, 5.74) is 2.17. The van der Waals surface area contributed by atoms with Gasteiger partial charge in [-0.15, -0.1) is 0 Å². The Morgan fingerprint density at radius 2 is 1.62 bits per heavy atom. The van der Waals surface area contributed by atoms with Gasteiger partial charge in [-0.3, -0.25) is 14.5 Å². The molecule has 2 aromatic rings. The van der Waals surface area contributed by atoms with Crippen molar-refractivity contribution in [2.24, 2.45) is 5.92 Å². The van der Waals surface area contributed by atoms with Gasteiger partial charge < -0.3 is 10.1 Å². The van der Waals surface area contributed by atoms with E-state index in [9.17, 15) is 9.59 Å². The van der Waals surface area contributed by atoms with Crippen LogP contribution in [0, 0.1) is 5.92 Å². The molecule has 0 saturated heterocycles. The highest BCUT2D eigenvalue weighted by Gasteiger charge is 2.39. The second-order valence-corrected chi connectivity index (χ2v) is 6.58. The average Bonchev–Trinajstić information content (AvgIpc) is 2.87. The topological polar surface area (TPSA) is 58.6 Å². The molecular formula is C21H22N2O3. The molecule has 3 rings (SSSR count). The number of nitrogens with one attached hydrogen (secondary N) is 1. The maximum atomic E-state index is 12.9. The fourth-order valence-electron chi connectivity index (χ4n) is 2.91. The van der Waals surface area contributed by atoms with Crippen LogP contribution in [0.15, 0.2) is 60.3 Å². The summed E-state index contributed by atoms with van der Waals surface area (Å²) < 4.78 is 5.16. The number of carbonyl (C=O) groups excluding carboxylic acids is 2. The van der Waals surface area contributed by atoms with Crippen molar-refractivity contribution < 1.29 is 14.3 Å². The standard InChI is InChI=1S/C21H22N2O3/c1-14(2)13-23-20(24)18(15-7-5-4-6-8-15)19(21(23)25)22-16-9-11-17(26-3)12-10-16/h4-12,14,22H,13H2,1-3H3. The number of ether oxygens (including phenoxy) is 1. The monoisotopic (exact) mass is 350 g/mol. The van der Waals surface area contributed by atoms with Crippen LogP contribution in [0.2, 0.25) is 0 Å². The van der Waals surface area contributed by atoms with E-state index in [0.29, 0.717) is 17.8 Å². The SMILES string of the molecule is COc1ccc(NC2=C(c3ccccc3)C(=O)N(CC(C)C)C2=O)cc1. The highest BCUT2D eigenvalue weighted by molar-refractivity contribution is 6.36. The second-order valence-electron chi connectivity index (χ2n) is 6.58. The van der Waals surface area contributed by atoms with E-state index in [-0.39, 0.29) is 17.7 Å². The molecule has 2 amide bonds. The third-order valence-electron chi connectivity index (χ3n) is 4.14. The fourth-order valence-corrected chi connectivity index (χ4v) is 2.91. The first-order chi connectivity index (χ1) is 12.5. The number of nitrogens with zero attached hydrogens (tertiary/aromatic N) is 1. The molecule has 26 heavy (non-hydrogen) atoms. The van der Waals surface area contributed by atoms with Crippen LogP contribution in [0.25, 0.3) is 5.57 Å². The maximum absolute atomic E-state index is 12.9. The predicted molar refractivity (Wildman–Crippen MR) is 102 cm³/mol. The minimum Gasteiger partial charge on any atom is -0.497 e. The quantitative estimate of drug-likeness (QED) is 0.810. The summed E-state index contributed by atoms with van der Waals surface area (Å²) in [6.07, 6.45) is 0. The van der Waals surface area contributed by atoms with E-state index in [2.05, 4.69) is 5.32 Å². The Labute approximate surface area is 153 Å². The Balaban J connectivity index is 2.01. The normalized spacial score (nSPS) is 14.4. The van der Waals surface area contributed by atoms with Crippen molar-refractivity contribution >= 4 is 23.1 Å². The van der Waals surface area contributed by atoms with Crippen molar-refractivity contribution in [1.82, 2.24) is 4.90 Å². The van der Waals surface area contributed by atoms with Crippen molar-refractivity contribution in [1.29, 1.82) is 0 Å². The lowest BCUT2D eigenvalue weighted by atomic mass is 10.0. The highest BCUT2D eigenvalue weighted by Crippen LogP contribution is 2.31. The molecule has 0 radical (unpaired) electrons. The molecule has 1 aliphatic heterocycles. The number of methoxy groups -OCH3 is 1. The lowest BCUT2D eigenvalue weighted by Gasteiger charge is -2.17. The average molecular weight is 350 g/mol. The van der Waals surface area contributed by atoms with Gasteiger partial charge in [-0.2, -0.15) is 0 Å². The molecule has 0 fully saturated rings. The third kappa shape index (κ3) is 3.47. The van der Waals surface area contributed by atoms with Crippen LogP contribution in [-0.2, 0) is 9.59 Å². The Kier molecular flexibility index (Phi) is 5.07. The molecule has 1 heterocycles. The Hall–Kier alpha value is -3.08. The van der Waals surface area contributed by atoms with E-state index in [1.165, 1.54) is 4.90 Å². The van der Waals surface area contributed by atoms with Crippen LogP contribution < -0.4 is 10.1 Å². The van der Waals surface area contributed by atoms with Crippen LogP contribution >= 0.6 is 0 Å². The number of amides is 2. The van der Waals surface area contributed by atoms with E-state index in [1.54, 1.807) is 19.2 Å². The molecule has 1 aliphatic rings. The molecule has 5 heteroatoms. The maximum Gasteiger partial charge on any atom is 0.278 e. The van der Waals surface area contributed by atoms with Crippen molar-refractivity contribution in [3.63, 3.8) is 0 Å². The smallest absolute Gasteiger partial charge is 0.278 e. The molecule has 134 valence electrons. The molecule has 5 nitrogen and oxygen atoms in total. The zero-order valence-corrected chi connectivity index (χ0v) is 15.2. The summed E-state index contributed by atoms with van der Waals surface area (Å²) >= 11 is 0. The predicted octanol–water partition coefficient (Wildman–Crippen LogP) is 3.54. The largest absolute Gasteiger partial charge is 0.497 e. The molecule has 0 atom stereocenters. The summed E-state index contributed by atoms with van der Waals surface area (Å²) in [5.74, 6) is 0.368. The second kappa shape index (κ2) is 7.44. The van der Waals surface area contributed by atoms with Crippen molar-refractivity contribution in [3.8, 4) is 5.75 Å². The lowest BCUT2D eigenvalue weighted by molar-refractivity contribution is -0.137. The van der Waals surface area contributed by atoms with E-state index in [1.807, 2.05) is 56.3 Å². The van der Waals surface area contributed by atoms with Crippen LogP contribution in [0.3, 0.4) is 0 Å². The van der Waals surface area contributed by atoms with Gasteiger partial charge in [0.2, 0.25) is 0 Å². The number of hydrogen-bond donors (Lipinski definition) is 1. The van der Waals surface area contributed by atoms with Gasteiger partial charge in [-0.05, 0) is 35.7 Å². The first-order valence-electron chi connectivity index (χ1n) is 8.58. The van der Waals surface area contributed by atoms with Crippen LogP contribution in [-0.4, -0.2) is 30.4 Å². The summed E-state index contributed by atoms with van der Waals surface area (Å²) in [7, 11) is 1.60. The molecule has 0 spiro atoms. The van der Waals surface area contributed by atoms with E-state index >= 15 is 0 Å². The van der Waals surface area contributed by atoms with Gasteiger partial charge in [0.05, 0.1) is 12.7 Å². The number of hydrogen-bond acceptors (Lipinski definition) is 4. The van der Waals surface area contributed by atoms with Crippen LogP contribution in [0.4, 0.5) is 5.69 Å². The first-order valence-corrected chi connectivity index (χ1v) is 8.58. The van der Waals surface area contributed by atoms with Gasteiger partial charge in [-0.25, -0.2) is 0 Å². The lowest BCUT2D eigenvalue weighted by Crippen LogP contribution is -2.35. The zero-order valence-electron chi connectivity index (χ0n) is 15.2. The summed E-state index contributed by atoms with van der Waals surface area (Å²) in [4.78, 5) is 27.2. The van der Waals surface area contributed by atoms with Gasteiger partial charge >= 0.3 is 0 Å². The van der Waals surface area contributed by atoms with E-state index in [0.717, 1.165) is 17.0 Å². The van der Waals surface area contributed by atoms with Gasteiger partial charge in [-0.1, -0.05) is 44.2 Å². The molecule has 0 saturated carbocycles. The van der Waals surface area contributed by atoms with Crippen molar-refractivity contribution in [2.45, 2.75) is 13.8 Å². The molecule has 0 aromatic heterocycles. The number of benzene rings is 2. The third-order valence-corrected chi connectivity index (χ3v) is 4.14. The first kappa shape index (κ1) is 17.7. The molecular weight excluding hydrogens is 328 g/mol. The van der Waals surface area contributed by atoms with E-state index < -0.39 is 0 Å². The fraction of sp³-hybridized carbons (Fsp3) is 0.238. The Morgan fingerprint density at radius 3 is 2.19 bits per heavy atom. The van der Waals surface area contributed by atoms with Gasteiger partial charge in [0.25, 0.3) is 11.8 Å². The molecule has 0 aliphatic carbocycles. The van der Waals surface area contributed by atoms with Gasteiger partial charge in [0.15, 0.2) is 0 Å². The van der Waals surface area contributed by atoms with Crippen LogP contribution in [0.5, 0.6) is 5.75 Å². The van der Waals surface area contributed by atoms with Gasteiger partial charge in [0, 0.05) is 12.2 Å². The Bertz CT molecular complexity index is 839. The molecule has 0 unspecified atom stereocenters. The highest BCUT2D eigenvalue weighted by atomic mass is 16.5. The van der Waals surface area contributed by atoms with Crippen molar-refractivity contribution in [2.75, 3.05) is 19.0 Å². The summed E-state index contributed by atoms with van der Waals surface area (Å²) in [6.45, 7) is 4.36. The summed E-state index contributed by atoms with van der Waals surface area (Å²) in [5, 5.41) is 3.14.